The average Bonchev–Trinajstić information content (AvgIpc) is 2.87. The zero-order chi connectivity index (χ0) is 13.9. The van der Waals surface area contributed by atoms with E-state index in [0.29, 0.717) is 13.1 Å². The van der Waals surface area contributed by atoms with E-state index in [4.69, 9.17) is 5.73 Å². The standard InChI is InChI=1S/C16H17N3O/c17-11-12-4-3-5-13(10-12)16-18-14-6-1-2-7-15(14)19(16)8-9-20/h1-7,10,20H,8-9,11,17H2. The van der Waals surface area contributed by atoms with E-state index in [2.05, 4.69) is 11.1 Å². The molecule has 0 aliphatic rings. The van der Waals surface area contributed by atoms with Crippen molar-refractivity contribution < 1.29 is 5.11 Å². The van der Waals surface area contributed by atoms with Gasteiger partial charge in [0.1, 0.15) is 5.82 Å². The van der Waals surface area contributed by atoms with Crippen LogP contribution >= 0.6 is 0 Å². The molecule has 0 unspecified atom stereocenters. The number of nitrogens with zero attached hydrogens (tertiary/aromatic N) is 2. The molecule has 0 saturated carbocycles. The molecular weight excluding hydrogens is 250 g/mol. The normalized spacial score (nSPS) is 11.1. The first-order valence-corrected chi connectivity index (χ1v) is 6.69. The van der Waals surface area contributed by atoms with Crippen LogP contribution in [0.5, 0.6) is 0 Å². The Kier molecular flexibility index (Phi) is 3.50. The van der Waals surface area contributed by atoms with Crippen molar-refractivity contribution in [2.75, 3.05) is 6.61 Å². The minimum Gasteiger partial charge on any atom is -0.395 e. The number of aliphatic hydroxyl groups is 1. The highest BCUT2D eigenvalue weighted by Gasteiger charge is 2.11. The van der Waals surface area contributed by atoms with Crippen molar-refractivity contribution in [2.24, 2.45) is 5.73 Å². The fourth-order valence-electron chi connectivity index (χ4n) is 2.46. The predicted octanol–water partition coefficient (Wildman–Crippen LogP) is 2.15. The number of hydrogen-bond acceptors (Lipinski definition) is 3. The minimum absolute atomic E-state index is 0.0872. The summed E-state index contributed by atoms with van der Waals surface area (Å²) in [6.07, 6.45) is 0. The van der Waals surface area contributed by atoms with Crippen LogP contribution in [0.15, 0.2) is 48.5 Å². The molecule has 0 saturated heterocycles. The highest BCUT2D eigenvalue weighted by Crippen LogP contribution is 2.25. The molecule has 0 spiro atoms. The van der Waals surface area contributed by atoms with Gasteiger partial charge in [-0.15, -0.1) is 0 Å². The third kappa shape index (κ3) is 2.19. The zero-order valence-electron chi connectivity index (χ0n) is 11.2. The topological polar surface area (TPSA) is 64.1 Å². The predicted molar refractivity (Wildman–Crippen MR) is 80.1 cm³/mol. The SMILES string of the molecule is NCc1cccc(-c2nc3ccccc3n2CCO)c1. The van der Waals surface area contributed by atoms with Gasteiger partial charge in [-0.2, -0.15) is 0 Å². The molecule has 4 heteroatoms. The van der Waals surface area contributed by atoms with E-state index in [9.17, 15) is 5.11 Å². The van der Waals surface area contributed by atoms with Crippen molar-refractivity contribution >= 4 is 11.0 Å². The van der Waals surface area contributed by atoms with E-state index in [1.165, 1.54) is 0 Å². The number of nitrogens with two attached hydrogens (primary N) is 1. The Labute approximate surface area is 117 Å². The third-order valence-electron chi connectivity index (χ3n) is 3.40. The van der Waals surface area contributed by atoms with Gasteiger partial charge in [0, 0.05) is 18.7 Å². The first-order valence-electron chi connectivity index (χ1n) is 6.69. The second-order valence-corrected chi connectivity index (χ2v) is 4.70. The molecule has 0 aliphatic carbocycles. The lowest BCUT2D eigenvalue weighted by molar-refractivity contribution is 0.278. The van der Waals surface area contributed by atoms with Crippen molar-refractivity contribution in [1.29, 1.82) is 0 Å². The van der Waals surface area contributed by atoms with E-state index in [-0.39, 0.29) is 6.61 Å². The average molecular weight is 267 g/mol. The quantitative estimate of drug-likeness (QED) is 0.761. The van der Waals surface area contributed by atoms with Crippen molar-refractivity contribution in [3.8, 4) is 11.4 Å². The van der Waals surface area contributed by atoms with Crippen molar-refractivity contribution in [2.45, 2.75) is 13.1 Å². The Balaban J connectivity index is 2.21. The zero-order valence-corrected chi connectivity index (χ0v) is 11.2. The first kappa shape index (κ1) is 12.8. The molecular formula is C16H17N3O. The van der Waals surface area contributed by atoms with Crippen LogP contribution in [0.3, 0.4) is 0 Å². The summed E-state index contributed by atoms with van der Waals surface area (Å²) in [5, 5.41) is 9.30. The molecule has 0 radical (unpaired) electrons. The summed E-state index contributed by atoms with van der Waals surface area (Å²) in [6.45, 7) is 1.13. The van der Waals surface area contributed by atoms with Gasteiger partial charge in [-0.25, -0.2) is 4.98 Å². The van der Waals surface area contributed by atoms with Crippen molar-refractivity contribution in [3.63, 3.8) is 0 Å². The van der Waals surface area contributed by atoms with Crippen molar-refractivity contribution in [3.05, 3.63) is 54.1 Å². The summed E-state index contributed by atoms with van der Waals surface area (Å²) in [6, 6.07) is 16.0. The highest BCUT2D eigenvalue weighted by atomic mass is 16.3. The van der Waals surface area contributed by atoms with Crippen molar-refractivity contribution in [1.82, 2.24) is 9.55 Å². The lowest BCUT2D eigenvalue weighted by Crippen LogP contribution is -2.04. The first-order chi connectivity index (χ1) is 9.83. The molecule has 0 aliphatic heterocycles. The number of fused-ring (bicyclic) bond motifs is 1. The number of aromatic nitrogens is 2. The summed E-state index contributed by atoms with van der Waals surface area (Å²) in [5.74, 6) is 0.871. The fourth-order valence-corrected chi connectivity index (χ4v) is 2.46. The second kappa shape index (κ2) is 5.45. The van der Waals surface area contributed by atoms with Crippen LogP contribution in [0.2, 0.25) is 0 Å². The second-order valence-electron chi connectivity index (χ2n) is 4.70. The van der Waals surface area contributed by atoms with Crippen LogP contribution in [-0.4, -0.2) is 21.3 Å². The lowest BCUT2D eigenvalue weighted by Gasteiger charge is -2.08. The van der Waals surface area contributed by atoms with Crippen LogP contribution in [0.4, 0.5) is 0 Å². The largest absolute Gasteiger partial charge is 0.395 e. The number of para-hydroxylation sites is 2. The Morgan fingerprint density at radius 1 is 1.10 bits per heavy atom. The molecule has 3 rings (SSSR count). The van der Waals surface area contributed by atoms with Crippen LogP contribution in [-0.2, 0) is 13.1 Å². The molecule has 1 heterocycles. The Hall–Kier alpha value is -2.17. The third-order valence-corrected chi connectivity index (χ3v) is 3.40. The van der Waals surface area contributed by atoms with Gasteiger partial charge in [-0.05, 0) is 23.8 Å². The molecule has 4 nitrogen and oxygen atoms in total. The number of aliphatic hydroxyl groups excluding tert-OH is 1. The summed E-state index contributed by atoms with van der Waals surface area (Å²) < 4.78 is 2.05. The van der Waals surface area contributed by atoms with Gasteiger partial charge in [-0.1, -0.05) is 30.3 Å². The van der Waals surface area contributed by atoms with E-state index < -0.39 is 0 Å². The Morgan fingerprint density at radius 2 is 1.95 bits per heavy atom. The maximum atomic E-state index is 9.30. The van der Waals surface area contributed by atoms with Gasteiger partial charge in [-0.3, -0.25) is 0 Å². The summed E-state index contributed by atoms with van der Waals surface area (Å²) in [7, 11) is 0. The van der Waals surface area contributed by atoms with Crippen LogP contribution in [0, 0.1) is 0 Å². The molecule has 0 amide bonds. The number of benzene rings is 2. The van der Waals surface area contributed by atoms with Crippen LogP contribution < -0.4 is 5.73 Å². The molecule has 0 atom stereocenters. The molecule has 3 aromatic rings. The summed E-state index contributed by atoms with van der Waals surface area (Å²) in [5.41, 5.74) is 9.78. The fraction of sp³-hybridized carbons (Fsp3) is 0.188. The van der Waals surface area contributed by atoms with Gasteiger partial charge in [0.25, 0.3) is 0 Å². The van der Waals surface area contributed by atoms with E-state index in [1.807, 2.05) is 47.0 Å². The summed E-state index contributed by atoms with van der Waals surface area (Å²) >= 11 is 0. The molecule has 0 bridgehead atoms. The molecule has 0 fully saturated rings. The molecule has 1 aromatic heterocycles. The smallest absolute Gasteiger partial charge is 0.141 e. The molecule has 3 N–H and O–H groups in total. The number of imidazole rings is 1. The number of hydrogen-bond donors (Lipinski definition) is 2. The number of rotatable bonds is 4. The van der Waals surface area contributed by atoms with Gasteiger partial charge in [0.05, 0.1) is 17.6 Å². The molecule has 20 heavy (non-hydrogen) atoms. The molecule has 102 valence electrons. The van der Waals surface area contributed by atoms with Crippen LogP contribution in [0.25, 0.3) is 22.4 Å². The van der Waals surface area contributed by atoms with Gasteiger partial charge >= 0.3 is 0 Å². The van der Waals surface area contributed by atoms with E-state index in [1.54, 1.807) is 0 Å². The van der Waals surface area contributed by atoms with E-state index >= 15 is 0 Å². The molecule has 2 aromatic carbocycles. The van der Waals surface area contributed by atoms with Crippen LogP contribution in [0.1, 0.15) is 5.56 Å². The minimum atomic E-state index is 0.0872. The van der Waals surface area contributed by atoms with Gasteiger partial charge < -0.3 is 15.4 Å². The van der Waals surface area contributed by atoms with Gasteiger partial charge in [0.2, 0.25) is 0 Å². The Morgan fingerprint density at radius 3 is 2.75 bits per heavy atom. The van der Waals surface area contributed by atoms with E-state index in [0.717, 1.165) is 28.0 Å². The monoisotopic (exact) mass is 267 g/mol. The Bertz CT molecular complexity index is 733. The van der Waals surface area contributed by atoms with Gasteiger partial charge in [0.15, 0.2) is 0 Å². The lowest BCUT2D eigenvalue weighted by atomic mass is 10.1. The maximum Gasteiger partial charge on any atom is 0.141 e. The highest BCUT2D eigenvalue weighted by molar-refractivity contribution is 5.80. The maximum absolute atomic E-state index is 9.30. The summed E-state index contributed by atoms with van der Waals surface area (Å²) in [4.78, 5) is 4.69.